The van der Waals surface area contributed by atoms with E-state index in [2.05, 4.69) is 4.98 Å². The van der Waals surface area contributed by atoms with Gasteiger partial charge in [0.2, 0.25) is 0 Å². The number of nitrogens with zero attached hydrogens (tertiary/aromatic N) is 3. The van der Waals surface area contributed by atoms with Crippen LogP contribution < -0.4 is 0 Å². The number of aryl methyl sites for hydroxylation is 2. The second kappa shape index (κ2) is 3.77. The molecule has 5 heteroatoms. The van der Waals surface area contributed by atoms with Crippen molar-refractivity contribution in [2.45, 2.75) is 13.8 Å². The first kappa shape index (κ1) is 10.4. The van der Waals surface area contributed by atoms with E-state index in [1.807, 2.05) is 11.5 Å². The first-order valence-electron chi connectivity index (χ1n) is 4.84. The van der Waals surface area contributed by atoms with Gasteiger partial charge in [-0.25, -0.2) is 4.98 Å². The van der Waals surface area contributed by atoms with Crippen LogP contribution in [0.3, 0.4) is 0 Å². The van der Waals surface area contributed by atoms with Crippen LogP contribution in [0.4, 0.5) is 5.69 Å². The van der Waals surface area contributed by atoms with Crippen LogP contribution in [0.15, 0.2) is 30.7 Å². The SMILES string of the molecule is Cc1cc(-n2cncc2C)ccc1[N+](=O)[O-]. The molecule has 1 heterocycles. The van der Waals surface area contributed by atoms with Crippen LogP contribution >= 0.6 is 0 Å². The smallest absolute Gasteiger partial charge is 0.272 e. The monoisotopic (exact) mass is 217 g/mol. The Balaban J connectivity index is 2.50. The molecule has 2 rings (SSSR count). The van der Waals surface area contributed by atoms with E-state index < -0.39 is 0 Å². The summed E-state index contributed by atoms with van der Waals surface area (Å²) in [7, 11) is 0. The van der Waals surface area contributed by atoms with E-state index in [9.17, 15) is 10.1 Å². The molecule has 1 aromatic carbocycles. The lowest BCUT2D eigenvalue weighted by Gasteiger charge is -2.06. The molecular formula is C11H11N3O2. The molecule has 0 aliphatic rings. The fraction of sp³-hybridized carbons (Fsp3) is 0.182. The van der Waals surface area contributed by atoms with Gasteiger partial charge in [0.15, 0.2) is 0 Å². The van der Waals surface area contributed by atoms with Crippen molar-refractivity contribution in [3.05, 3.63) is 52.1 Å². The fourth-order valence-electron chi connectivity index (χ4n) is 1.63. The molecule has 2 aromatic rings. The molecular weight excluding hydrogens is 206 g/mol. The van der Waals surface area contributed by atoms with Crippen molar-refractivity contribution in [2.75, 3.05) is 0 Å². The predicted molar refractivity (Wildman–Crippen MR) is 59.7 cm³/mol. The molecule has 0 spiro atoms. The number of hydrogen-bond acceptors (Lipinski definition) is 3. The number of rotatable bonds is 2. The zero-order chi connectivity index (χ0) is 11.7. The van der Waals surface area contributed by atoms with Crippen molar-refractivity contribution < 1.29 is 4.92 Å². The van der Waals surface area contributed by atoms with E-state index in [1.165, 1.54) is 6.07 Å². The Morgan fingerprint density at radius 1 is 1.38 bits per heavy atom. The molecule has 16 heavy (non-hydrogen) atoms. The minimum Gasteiger partial charge on any atom is -0.304 e. The van der Waals surface area contributed by atoms with Gasteiger partial charge in [-0.3, -0.25) is 10.1 Å². The van der Waals surface area contributed by atoms with Crippen LogP contribution in [0.5, 0.6) is 0 Å². The Morgan fingerprint density at radius 2 is 2.12 bits per heavy atom. The predicted octanol–water partition coefficient (Wildman–Crippen LogP) is 2.40. The summed E-state index contributed by atoms with van der Waals surface area (Å²) in [5.41, 5.74) is 2.67. The third kappa shape index (κ3) is 1.67. The van der Waals surface area contributed by atoms with Gasteiger partial charge in [0, 0.05) is 29.2 Å². The van der Waals surface area contributed by atoms with E-state index in [0.29, 0.717) is 5.56 Å². The van der Waals surface area contributed by atoms with Crippen LogP contribution in [0.25, 0.3) is 5.69 Å². The number of benzene rings is 1. The first-order chi connectivity index (χ1) is 7.59. The second-order valence-electron chi connectivity index (χ2n) is 3.63. The van der Waals surface area contributed by atoms with Gasteiger partial charge < -0.3 is 4.57 Å². The van der Waals surface area contributed by atoms with Crippen molar-refractivity contribution in [3.8, 4) is 5.69 Å². The van der Waals surface area contributed by atoms with Crippen LogP contribution in [0.1, 0.15) is 11.3 Å². The van der Waals surface area contributed by atoms with Crippen LogP contribution in [-0.4, -0.2) is 14.5 Å². The molecule has 0 saturated carbocycles. The van der Waals surface area contributed by atoms with E-state index in [-0.39, 0.29) is 10.6 Å². The summed E-state index contributed by atoms with van der Waals surface area (Å²) in [5, 5.41) is 10.7. The highest BCUT2D eigenvalue weighted by molar-refractivity contribution is 5.48. The Labute approximate surface area is 92.5 Å². The molecule has 0 N–H and O–H groups in total. The zero-order valence-electron chi connectivity index (χ0n) is 9.04. The Kier molecular flexibility index (Phi) is 2.44. The largest absolute Gasteiger partial charge is 0.304 e. The van der Waals surface area contributed by atoms with Crippen LogP contribution in [-0.2, 0) is 0 Å². The number of aromatic nitrogens is 2. The van der Waals surface area contributed by atoms with Gasteiger partial charge in [-0.05, 0) is 26.0 Å². The quantitative estimate of drug-likeness (QED) is 0.573. The van der Waals surface area contributed by atoms with E-state index in [1.54, 1.807) is 31.6 Å². The van der Waals surface area contributed by atoms with Gasteiger partial charge in [-0.15, -0.1) is 0 Å². The summed E-state index contributed by atoms with van der Waals surface area (Å²) in [6.45, 7) is 3.66. The molecule has 1 aromatic heterocycles. The number of hydrogen-bond donors (Lipinski definition) is 0. The van der Waals surface area contributed by atoms with E-state index in [0.717, 1.165) is 11.4 Å². The van der Waals surface area contributed by atoms with E-state index >= 15 is 0 Å². The van der Waals surface area contributed by atoms with Crippen molar-refractivity contribution in [1.29, 1.82) is 0 Å². The Bertz CT molecular complexity index is 546. The summed E-state index contributed by atoms with van der Waals surface area (Å²) in [5.74, 6) is 0. The summed E-state index contributed by atoms with van der Waals surface area (Å²) in [6.07, 6.45) is 3.44. The maximum Gasteiger partial charge on any atom is 0.272 e. The molecule has 5 nitrogen and oxygen atoms in total. The summed E-state index contributed by atoms with van der Waals surface area (Å²) < 4.78 is 1.89. The zero-order valence-corrected chi connectivity index (χ0v) is 9.04. The fourth-order valence-corrected chi connectivity index (χ4v) is 1.63. The second-order valence-corrected chi connectivity index (χ2v) is 3.63. The van der Waals surface area contributed by atoms with Gasteiger partial charge in [-0.2, -0.15) is 0 Å². The number of imidazole rings is 1. The molecule has 0 amide bonds. The number of nitro groups is 1. The first-order valence-corrected chi connectivity index (χ1v) is 4.84. The summed E-state index contributed by atoms with van der Waals surface area (Å²) in [6, 6.07) is 5.02. The average molecular weight is 217 g/mol. The molecule has 0 aliphatic heterocycles. The third-order valence-corrected chi connectivity index (χ3v) is 2.48. The molecule has 0 atom stereocenters. The highest BCUT2D eigenvalue weighted by Crippen LogP contribution is 2.21. The maximum atomic E-state index is 10.7. The van der Waals surface area contributed by atoms with Crippen molar-refractivity contribution in [3.63, 3.8) is 0 Å². The van der Waals surface area contributed by atoms with Gasteiger partial charge in [0.1, 0.15) is 0 Å². The lowest BCUT2D eigenvalue weighted by molar-refractivity contribution is -0.385. The van der Waals surface area contributed by atoms with Gasteiger partial charge >= 0.3 is 0 Å². The minimum absolute atomic E-state index is 0.140. The Morgan fingerprint density at radius 3 is 2.62 bits per heavy atom. The standard InChI is InChI=1S/C11H11N3O2/c1-8-5-10(3-4-11(8)14(15)16)13-7-12-6-9(13)2/h3-7H,1-2H3. The Hall–Kier alpha value is -2.17. The van der Waals surface area contributed by atoms with Gasteiger partial charge in [0.25, 0.3) is 5.69 Å². The molecule has 82 valence electrons. The van der Waals surface area contributed by atoms with E-state index in [4.69, 9.17) is 0 Å². The number of nitro benzene ring substituents is 1. The lowest BCUT2D eigenvalue weighted by Crippen LogP contribution is -1.97. The topological polar surface area (TPSA) is 61.0 Å². The average Bonchev–Trinajstić information content (AvgIpc) is 2.63. The minimum atomic E-state index is -0.375. The highest BCUT2D eigenvalue weighted by Gasteiger charge is 2.11. The lowest BCUT2D eigenvalue weighted by atomic mass is 10.2. The van der Waals surface area contributed by atoms with Gasteiger partial charge in [-0.1, -0.05) is 0 Å². The van der Waals surface area contributed by atoms with Crippen LogP contribution in [0, 0.1) is 24.0 Å². The van der Waals surface area contributed by atoms with Crippen molar-refractivity contribution in [2.24, 2.45) is 0 Å². The molecule has 0 fully saturated rings. The highest BCUT2D eigenvalue weighted by atomic mass is 16.6. The third-order valence-electron chi connectivity index (χ3n) is 2.48. The maximum absolute atomic E-state index is 10.7. The molecule has 0 unspecified atom stereocenters. The van der Waals surface area contributed by atoms with Gasteiger partial charge in [0.05, 0.1) is 11.3 Å². The molecule has 0 bridgehead atoms. The summed E-state index contributed by atoms with van der Waals surface area (Å²) >= 11 is 0. The molecule has 0 aliphatic carbocycles. The molecule has 0 saturated heterocycles. The van der Waals surface area contributed by atoms with Crippen LogP contribution in [0.2, 0.25) is 0 Å². The molecule has 0 radical (unpaired) electrons. The summed E-state index contributed by atoms with van der Waals surface area (Å²) in [4.78, 5) is 14.3. The normalized spacial score (nSPS) is 10.4. The van der Waals surface area contributed by atoms with Crippen molar-refractivity contribution >= 4 is 5.69 Å². The van der Waals surface area contributed by atoms with Crippen molar-refractivity contribution in [1.82, 2.24) is 9.55 Å².